The zero-order valence-corrected chi connectivity index (χ0v) is 15.0. The van der Waals surface area contributed by atoms with E-state index in [0.29, 0.717) is 11.4 Å². The number of hydrogen-bond acceptors (Lipinski definition) is 12. The molecule has 2 aromatic rings. The molecule has 0 bridgehead atoms. The van der Waals surface area contributed by atoms with Crippen LogP contribution >= 0.6 is 0 Å². The van der Waals surface area contributed by atoms with Crippen molar-refractivity contribution in [3.8, 4) is 0 Å². The van der Waals surface area contributed by atoms with Crippen LogP contribution in [0.1, 0.15) is 13.3 Å². The van der Waals surface area contributed by atoms with Crippen molar-refractivity contribution in [2.45, 2.75) is 13.3 Å². The Morgan fingerprint density at radius 1 is 1.03 bits per heavy atom. The van der Waals surface area contributed by atoms with Crippen LogP contribution in [0.15, 0.2) is 47.6 Å². The Balaban J connectivity index is 2.00. The van der Waals surface area contributed by atoms with Crippen LogP contribution in [0.2, 0.25) is 0 Å². The van der Waals surface area contributed by atoms with Gasteiger partial charge in [-0.1, -0.05) is 0 Å². The van der Waals surface area contributed by atoms with Gasteiger partial charge >= 0.3 is 0 Å². The summed E-state index contributed by atoms with van der Waals surface area (Å²) in [6.07, 6.45) is -0.118. The average molecular weight is 405 g/mol. The fourth-order valence-electron chi connectivity index (χ4n) is 2.20. The fraction of sp³-hybridized carbons (Fsp3) is 0.125. The quantitative estimate of drug-likeness (QED) is 0.320. The van der Waals surface area contributed by atoms with Crippen LogP contribution in [0.5, 0.6) is 0 Å². The molecule has 0 saturated carbocycles. The molecule has 13 nitrogen and oxygen atoms in total. The molecule has 2 rings (SSSR count). The minimum Gasteiger partial charge on any atom is -0.769 e. The van der Waals surface area contributed by atoms with Gasteiger partial charge in [-0.15, -0.1) is 5.23 Å². The average Bonchev–Trinajstić information content (AvgIpc) is 2.66. The van der Waals surface area contributed by atoms with Crippen molar-refractivity contribution >= 4 is 40.1 Å². The fourth-order valence-corrected chi connectivity index (χ4v) is 2.20. The van der Waals surface area contributed by atoms with Crippen LogP contribution in [0.25, 0.3) is 0 Å². The number of nitrogens with zero attached hydrogens (tertiary/aromatic N) is 4. The Morgan fingerprint density at radius 2 is 1.66 bits per heavy atom. The van der Waals surface area contributed by atoms with Gasteiger partial charge in [0.15, 0.2) is 0 Å². The summed E-state index contributed by atoms with van der Waals surface area (Å²) in [7, 11) is 0. The molecule has 2 aromatic carbocycles. The van der Waals surface area contributed by atoms with E-state index in [1.807, 2.05) is 0 Å². The molecule has 13 heteroatoms. The van der Waals surface area contributed by atoms with Gasteiger partial charge in [-0.05, 0) is 49.4 Å². The Bertz CT molecular complexity index is 871. The van der Waals surface area contributed by atoms with Crippen molar-refractivity contribution in [1.82, 2.24) is 0 Å². The Labute approximate surface area is 164 Å². The molecule has 5 N–H and O–H groups in total. The second-order valence-corrected chi connectivity index (χ2v) is 5.75. The number of carbonyl (C=O) groups is 1. The number of nitrogens with one attached hydrogen (secondary N) is 2. The monoisotopic (exact) mass is 405 g/mol. The van der Waals surface area contributed by atoms with Gasteiger partial charge in [-0.3, -0.25) is 25.8 Å². The summed E-state index contributed by atoms with van der Waals surface area (Å²) in [5, 5.41) is 64.7. The largest absolute Gasteiger partial charge is 0.769 e. The smallest absolute Gasteiger partial charge is 0.230 e. The van der Waals surface area contributed by atoms with Crippen LogP contribution in [-0.4, -0.2) is 27.2 Å². The lowest BCUT2D eigenvalue weighted by Crippen LogP contribution is -2.17. The third-order valence-electron chi connectivity index (χ3n) is 3.56. The molecular formula is C16H17N6O7-3. The summed E-state index contributed by atoms with van der Waals surface area (Å²) >= 11 is 0. The van der Waals surface area contributed by atoms with Crippen molar-refractivity contribution in [1.29, 1.82) is 0 Å². The van der Waals surface area contributed by atoms with Crippen molar-refractivity contribution in [2.75, 3.05) is 26.4 Å². The summed E-state index contributed by atoms with van der Waals surface area (Å²) in [6.45, 7) is 1.54. The standard InChI is InChI=1S/C16H17N6O7/c1-10(8-16(23)17-11-2-4-12(5-3-11)20(24)25)18-19-14-7-6-13(21(26)27)9-15(14)22(28)29/h2-7,9,19,24,28-29H,8H2,1H3,(H,17,23)/q-3/b18-10-. The van der Waals surface area contributed by atoms with Crippen molar-refractivity contribution < 1.29 is 20.4 Å². The second-order valence-electron chi connectivity index (χ2n) is 5.75. The first-order valence-corrected chi connectivity index (χ1v) is 7.99. The maximum absolute atomic E-state index is 12.0. The highest BCUT2D eigenvalue weighted by molar-refractivity contribution is 6.05. The molecule has 0 aliphatic heterocycles. The van der Waals surface area contributed by atoms with Crippen LogP contribution in [0, 0.1) is 15.6 Å². The van der Waals surface area contributed by atoms with Gasteiger partial charge in [0.25, 0.3) is 0 Å². The lowest BCUT2D eigenvalue weighted by atomic mass is 10.2. The van der Waals surface area contributed by atoms with Gasteiger partial charge in [0.2, 0.25) is 5.91 Å². The number of benzene rings is 2. The third kappa shape index (κ3) is 6.28. The molecule has 0 aliphatic carbocycles. The topological polar surface area (TPSA) is 193 Å². The van der Waals surface area contributed by atoms with E-state index in [9.17, 15) is 30.8 Å². The van der Waals surface area contributed by atoms with E-state index in [-0.39, 0.29) is 39.6 Å². The van der Waals surface area contributed by atoms with Gasteiger partial charge in [-0.25, -0.2) is 0 Å². The maximum Gasteiger partial charge on any atom is 0.230 e. The summed E-state index contributed by atoms with van der Waals surface area (Å²) in [5.41, 5.74) is 2.63. The molecule has 1 amide bonds. The minimum absolute atomic E-state index is 0.00524. The first kappa shape index (κ1) is 21.8. The lowest BCUT2D eigenvalue weighted by Gasteiger charge is -2.37. The first-order valence-electron chi connectivity index (χ1n) is 7.99. The molecular weight excluding hydrogens is 388 g/mol. The van der Waals surface area contributed by atoms with E-state index < -0.39 is 11.1 Å². The van der Waals surface area contributed by atoms with E-state index in [1.165, 1.54) is 37.3 Å². The molecule has 0 saturated heterocycles. The molecule has 0 aliphatic rings. The van der Waals surface area contributed by atoms with E-state index in [1.54, 1.807) is 0 Å². The number of rotatable bonds is 8. The van der Waals surface area contributed by atoms with Crippen LogP contribution in [0.4, 0.5) is 28.4 Å². The van der Waals surface area contributed by atoms with Crippen LogP contribution < -0.4 is 26.4 Å². The maximum atomic E-state index is 12.0. The van der Waals surface area contributed by atoms with Gasteiger partial charge in [0.05, 0.1) is 17.8 Å². The SMILES string of the molecule is C/C(CC(=O)Nc1ccc(N([O-])O)cc1)=N/Nc1ccc(N([O-])[O-])cc1N(O)O. The predicted molar refractivity (Wildman–Crippen MR) is 106 cm³/mol. The van der Waals surface area contributed by atoms with E-state index in [2.05, 4.69) is 15.8 Å². The number of carbonyl (C=O) groups excluding carboxylic acids is 1. The minimum atomic E-state index is -0.697. The van der Waals surface area contributed by atoms with Crippen LogP contribution in [-0.2, 0) is 4.79 Å². The number of anilines is 5. The number of amides is 1. The zero-order valence-electron chi connectivity index (χ0n) is 15.0. The third-order valence-corrected chi connectivity index (χ3v) is 3.56. The first-order chi connectivity index (χ1) is 13.7. The van der Waals surface area contributed by atoms with Crippen molar-refractivity contribution in [3.05, 3.63) is 58.1 Å². The van der Waals surface area contributed by atoms with E-state index >= 15 is 0 Å². The van der Waals surface area contributed by atoms with Gasteiger partial charge in [0.1, 0.15) is 5.69 Å². The molecule has 0 fully saturated rings. The summed E-state index contributed by atoms with van der Waals surface area (Å²) in [4.78, 5) is 12.0. The van der Waals surface area contributed by atoms with Gasteiger partial charge in [-0.2, -0.15) is 5.10 Å². The van der Waals surface area contributed by atoms with Gasteiger partial charge in [0, 0.05) is 17.1 Å². The van der Waals surface area contributed by atoms with E-state index in [0.717, 1.165) is 12.1 Å². The lowest BCUT2D eigenvalue weighted by molar-refractivity contribution is -0.115. The molecule has 0 spiro atoms. The number of hydrazone groups is 1. The molecule has 0 aromatic heterocycles. The van der Waals surface area contributed by atoms with Crippen molar-refractivity contribution in [2.24, 2.45) is 5.10 Å². The van der Waals surface area contributed by atoms with Gasteiger partial charge < -0.3 is 31.4 Å². The normalized spacial score (nSPS) is 11.1. The molecule has 29 heavy (non-hydrogen) atoms. The predicted octanol–water partition coefficient (Wildman–Crippen LogP) is 2.58. The van der Waals surface area contributed by atoms with Crippen LogP contribution in [0.3, 0.4) is 0 Å². The molecule has 0 unspecified atom stereocenters. The summed E-state index contributed by atoms with van der Waals surface area (Å²) in [5.74, 6) is -0.418. The summed E-state index contributed by atoms with van der Waals surface area (Å²) < 4.78 is 0. The Morgan fingerprint density at radius 3 is 2.21 bits per heavy atom. The highest BCUT2D eigenvalue weighted by Crippen LogP contribution is 2.29. The molecule has 156 valence electrons. The highest BCUT2D eigenvalue weighted by atomic mass is 16.8. The molecule has 0 atom stereocenters. The zero-order chi connectivity index (χ0) is 21.6. The Hall–Kier alpha value is -3.46. The van der Waals surface area contributed by atoms with Crippen molar-refractivity contribution in [3.63, 3.8) is 0 Å². The second kappa shape index (κ2) is 9.65. The van der Waals surface area contributed by atoms with E-state index in [4.69, 9.17) is 5.21 Å². The summed E-state index contributed by atoms with van der Waals surface area (Å²) in [6, 6.07) is 8.79. The highest BCUT2D eigenvalue weighted by Gasteiger charge is 2.09. The molecule has 0 heterocycles. The number of hydrogen-bond donors (Lipinski definition) is 5. The molecule has 0 radical (unpaired) electrons. The Kier molecular flexibility index (Phi) is 7.27.